The van der Waals surface area contributed by atoms with E-state index in [1.807, 2.05) is 6.92 Å². The molecule has 0 aliphatic rings. The number of aromatic nitrogens is 2. The summed E-state index contributed by atoms with van der Waals surface area (Å²) in [6.07, 6.45) is 3.44. The highest BCUT2D eigenvalue weighted by Gasteiger charge is 2.03. The van der Waals surface area contributed by atoms with Crippen molar-refractivity contribution in [2.24, 2.45) is 0 Å². The van der Waals surface area contributed by atoms with Gasteiger partial charge in [-0.2, -0.15) is 0 Å². The van der Waals surface area contributed by atoms with E-state index in [1.165, 1.54) is 0 Å². The zero-order valence-electron chi connectivity index (χ0n) is 8.71. The summed E-state index contributed by atoms with van der Waals surface area (Å²) in [6, 6.07) is 6.63. The quantitative estimate of drug-likeness (QED) is 0.831. The van der Waals surface area contributed by atoms with Gasteiger partial charge in [-0.1, -0.05) is 12.1 Å². The van der Waals surface area contributed by atoms with E-state index in [4.69, 9.17) is 5.11 Å². The number of hydrogen-bond acceptors (Lipinski definition) is 3. The molecule has 1 aromatic carbocycles. The van der Waals surface area contributed by atoms with Crippen molar-refractivity contribution >= 4 is 5.97 Å². The molecule has 0 bridgehead atoms. The lowest BCUT2D eigenvalue weighted by Gasteiger charge is -2.01. The minimum absolute atomic E-state index is 0.275. The lowest BCUT2D eigenvalue weighted by molar-refractivity contribution is 0.0697. The Balaban J connectivity index is 2.34. The van der Waals surface area contributed by atoms with E-state index in [0.29, 0.717) is 5.82 Å². The number of aromatic carboxylic acids is 1. The summed E-state index contributed by atoms with van der Waals surface area (Å²) in [4.78, 5) is 18.8. The molecule has 80 valence electrons. The lowest BCUT2D eigenvalue weighted by atomic mass is 10.1. The van der Waals surface area contributed by atoms with Crippen molar-refractivity contribution in [1.82, 2.24) is 9.97 Å². The number of carbonyl (C=O) groups is 1. The second kappa shape index (κ2) is 4.10. The molecule has 1 N–H and O–H groups in total. The smallest absolute Gasteiger partial charge is 0.335 e. The van der Waals surface area contributed by atoms with E-state index in [2.05, 4.69) is 9.97 Å². The van der Waals surface area contributed by atoms with E-state index < -0.39 is 5.97 Å². The Kier molecular flexibility index (Phi) is 2.64. The Bertz CT molecular complexity index is 504. The van der Waals surface area contributed by atoms with Crippen LogP contribution in [0.15, 0.2) is 36.7 Å². The van der Waals surface area contributed by atoms with Crippen molar-refractivity contribution in [2.75, 3.05) is 0 Å². The predicted molar refractivity (Wildman–Crippen MR) is 59.2 cm³/mol. The molecule has 2 aromatic rings. The first kappa shape index (κ1) is 10.3. The van der Waals surface area contributed by atoms with Crippen LogP contribution in [0, 0.1) is 6.92 Å². The Morgan fingerprint density at radius 2 is 1.62 bits per heavy atom. The number of benzene rings is 1. The maximum Gasteiger partial charge on any atom is 0.335 e. The average molecular weight is 214 g/mol. The monoisotopic (exact) mass is 214 g/mol. The summed E-state index contributed by atoms with van der Waals surface area (Å²) < 4.78 is 0. The Morgan fingerprint density at radius 3 is 2.12 bits per heavy atom. The highest BCUT2D eigenvalue weighted by molar-refractivity contribution is 5.88. The van der Waals surface area contributed by atoms with Crippen LogP contribution in [0.25, 0.3) is 11.1 Å². The maximum atomic E-state index is 10.7. The number of nitrogens with zero attached hydrogens (tertiary/aromatic N) is 2. The molecule has 4 nitrogen and oxygen atoms in total. The molecule has 0 unspecified atom stereocenters. The lowest BCUT2D eigenvalue weighted by Crippen LogP contribution is -1.95. The Morgan fingerprint density at radius 1 is 1.06 bits per heavy atom. The highest BCUT2D eigenvalue weighted by atomic mass is 16.4. The first-order chi connectivity index (χ1) is 7.66. The summed E-state index contributed by atoms with van der Waals surface area (Å²) in [5.74, 6) is -0.211. The summed E-state index contributed by atoms with van der Waals surface area (Å²) in [7, 11) is 0. The fourth-order valence-corrected chi connectivity index (χ4v) is 1.35. The molecule has 0 saturated carbocycles. The van der Waals surface area contributed by atoms with E-state index in [1.54, 1.807) is 36.7 Å². The highest BCUT2D eigenvalue weighted by Crippen LogP contribution is 2.17. The second-order valence-corrected chi connectivity index (χ2v) is 3.40. The van der Waals surface area contributed by atoms with Gasteiger partial charge in [0, 0.05) is 18.0 Å². The van der Waals surface area contributed by atoms with Gasteiger partial charge in [0.15, 0.2) is 0 Å². The Labute approximate surface area is 92.6 Å². The van der Waals surface area contributed by atoms with Gasteiger partial charge in [-0.3, -0.25) is 0 Å². The van der Waals surface area contributed by atoms with Crippen molar-refractivity contribution in [3.63, 3.8) is 0 Å². The second-order valence-electron chi connectivity index (χ2n) is 3.40. The molecule has 0 saturated heterocycles. The van der Waals surface area contributed by atoms with E-state index in [-0.39, 0.29) is 5.56 Å². The molecular formula is C12H10N2O2. The van der Waals surface area contributed by atoms with E-state index in [9.17, 15) is 4.79 Å². The third kappa shape index (κ3) is 2.06. The number of carboxylic acid groups (broad SMARTS) is 1. The van der Waals surface area contributed by atoms with Gasteiger partial charge in [-0.15, -0.1) is 0 Å². The molecule has 16 heavy (non-hydrogen) atoms. The summed E-state index contributed by atoms with van der Waals surface area (Å²) in [6.45, 7) is 1.82. The third-order valence-corrected chi connectivity index (χ3v) is 2.25. The molecule has 1 heterocycles. The minimum atomic E-state index is -0.924. The zero-order valence-corrected chi connectivity index (χ0v) is 8.71. The molecule has 0 radical (unpaired) electrons. The summed E-state index contributed by atoms with van der Waals surface area (Å²) in [5.41, 5.74) is 2.06. The van der Waals surface area contributed by atoms with Crippen LogP contribution in [0.4, 0.5) is 0 Å². The zero-order chi connectivity index (χ0) is 11.5. The van der Waals surface area contributed by atoms with Crippen LogP contribution in [-0.4, -0.2) is 21.0 Å². The van der Waals surface area contributed by atoms with Crippen molar-refractivity contribution in [3.8, 4) is 11.1 Å². The van der Waals surface area contributed by atoms with Crippen LogP contribution in [0.5, 0.6) is 0 Å². The minimum Gasteiger partial charge on any atom is -0.478 e. The van der Waals surface area contributed by atoms with Crippen LogP contribution in [-0.2, 0) is 0 Å². The molecule has 1 aromatic heterocycles. The predicted octanol–water partition coefficient (Wildman–Crippen LogP) is 2.15. The molecule has 0 spiro atoms. The van der Waals surface area contributed by atoms with Gasteiger partial charge in [0.05, 0.1) is 5.56 Å². The van der Waals surface area contributed by atoms with E-state index in [0.717, 1.165) is 11.1 Å². The number of rotatable bonds is 2. The van der Waals surface area contributed by atoms with Gasteiger partial charge in [-0.05, 0) is 24.6 Å². The average Bonchev–Trinajstić information content (AvgIpc) is 2.30. The van der Waals surface area contributed by atoms with Gasteiger partial charge in [0.25, 0.3) is 0 Å². The molecule has 0 aliphatic carbocycles. The maximum absolute atomic E-state index is 10.7. The summed E-state index contributed by atoms with van der Waals surface area (Å²) >= 11 is 0. The van der Waals surface area contributed by atoms with Crippen LogP contribution < -0.4 is 0 Å². The van der Waals surface area contributed by atoms with Crippen molar-refractivity contribution in [3.05, 3.63) is 48.0 Å². The first-order valence-electron chi connectivity index (χ1n) is 4.79. The fourth-order valence-electron chi connectivity index (χ4n) is 1.35. The molecule has 0 atom stereocenters. The third-order valence-electron chi connectivity index (χ3n) is 2.25. The van der Waals surface area contributed by atoms with Gasteiger partial charge in [0.2, 0.25) is 0 Å². The normalized spacial score (nSPS) is 10.1. The van der Waals surface area contributed by atoms with Gasteiger partial charge >= 0.3 is 5.97 Å². The topological polar surface area (TPSA) is 63.1 Å². The molecule has 0 fully saturated rings. The van der Waals surface area contributed by atoms with Crippen LogP contribution >= 0.6 is 0 Å². The number of hydrogen-bond donors (Lipinski definition) is 1. The van der Waals surface area contributed by atoms with Crippen molar-refractivity contribution < 1.29 is 9.90 Å². The van der Waals surface area contributed by atoms with Crippen LogP contribution in [0.1, 0.15) is 16.2 Å². The molecular weight excluding hydrogens is 204 g/mol. The fraction of sp³-hybridized carbons (Fsp3) is 0.0833. The molecule has 4 heteroatoms. The van der Waals surface area contributed by atoms with Crippen molar-refractivity contribution in [1.29, 1.82) is 0 Å². The number of carboxylic acids is 1. The standard InChI is InChI=1S/C12H10N2O2/c1-8-13-6-11(7-14-8)9-2-4-10(5-3-9)12(15)16/h2-7H,1H3,(H,15,16). The largest absolute Gasteiger partial charge is 0.478 e. The van der Waals surface area contributed by atoms with Crippen LogP contribution in [0.2, 0.25) is 0 Å². The Hall–Kier alpha value is -2.23. The van der Waals surface area contributed by atoms with Crippen molar-refractivity contribution in [2.45, 2.75) is 6.92 Å². The van der Waals surface area contributed by atoms with Gasteiger partial charge in [-0.25, -0.2) is 14.8 Å². The molecule has 2 rings (SSSR count). The first-order valence-corrected chi connectivity index (χ1v) is 4.79. The SMILES string of the molecule is Cc1ncc(-c2ccc(C(=O)O)cc2)cn1. The van der Waals surface area contributed by atoms with Gasteiger partial charge < -0.3 is 5.11 Å². The number of aryl methyl sites for hydroxylation is 1. The molecule has 0 aliphatic heterocycles. The summed E-state index contributed by atoms with van der Waals surface area (Å²) in [5, 5.41) is 8.76. The van der Waals surface area contributed by atoms with Crippen LogP contribution in [0.3, 0.4) is 0 Å². The van der Waals surface area contributed by atoms with Gasteiger partial charge in [0.1, 0.15) is 5.82 Å². The van der Waals surface area contributed by atoms with E-state index >= 15 is 0 Å². The molecule has 0 amide bonds.